The number of nitrogens with one attached hydrogen (secondary N) is 1. The number of hydrogen-bond acceptors (Lipinski definition) is 3. The third-order valence-corrected chi connectivity index (χ3v) is 6.64. The van der Waals surface area contributed by atoms with E-state index in [1.54, 1.807) is 27.9 Å². The van der Waals surface area contributed by atoms with Gasteiger partial charge in [0, 0.05) is 23.4 Å². The zero-order valence-corrected chi connectivity index (χ0v) is 18.4. The second kappa shape index (κ2) is 8.09. The summed E-state index contributed by atoms with van der Waals surface area (Å²) in [7, 11) is 0. The highest BCUT2D eigenvalue weighted by Gasteiger charge is 2.44. The molecule has 1 saturated heterocycles. The molecule has 1 aliphatic carbocycles. The Hall–Kier alpha value is -4.00. The fraction of sp³-hybridized carbons (Fsp3) is 0.222. The van der Waals surface area contributed by atoms with Gasteiger partial charge in [0.2, 0.25) is 11.8 Å². The monoisotopic (exact) mass is 454 g/mol. The quantitative estimate of drug-likeness (QED) is 0.482. The van der Waals surface area contributed by atoms with Crippen LogP contribution < -0.4 is 10.2 Å². The summed E-state index contributed by atoms with van der Waals surface area (Å²) in [6, 6.07) is 21.2. The van der Waals surface area contributed by atoms with Gasteiger partial charge in [0.15, 0.2) is 0 Å². The molecule has 1 aromatic heterocycles. The van der Waals surface area contributed by atoms with Crippen LogP contribution in [0.25, 0.3) is 16.6 Å². The van der Waals surface area contributed by atoms with E-state index in [0.29, 0.717) is 0 Å². The van der Waals surface area contributed by atoms with E-state index in [2.05, 4.69) is 10.4 Å². The van der Waals surface area contributed by atoms with Gasteiger partial charge < -0.3 is 10.2 Å². The molecule has 170 valence electrons. The lowest BCUT2D eigenvalue weighted by Crippen LogP contribution is -2.40. The number of fused-ring (bicyclic) bond motifs is 1. The highest BCUT2D eigenvalue weighted by Crippen LogP contribution is 2.39. The van der Waals surface area contributed by atoms with E-state index >= 15 is 0 Å². The Morgan fingerprint density at radius 3 is 2.44 bits per heavy atom. The maximum absolute atomic E-state index is 13.3. The molecule has 6 nitrogen and oxygen atoms in total. The molecule has 1 aliphatic heterocycles. The molecule has 0 spiro atoms. The van der Waals surface area contributed by atoms with Gasteiger partial charge in [0.1, 0.15) is 5.82 Å². The first-order valence-electron chi connectivity index (χ1n) is 11.5. The number of halogens is 1. The summed E-state index contributed by atoms with van der Waals surface area (Å²) in [5.74, 6) is -0.212. The van der Waals surface area contributed by atoms with Crippen LogP contribution in [0.4, 0.5) is 10.1 Å². The van der Waals surface area contributed by atoms with E-state index in [1.165, 1.54) is 12.1 Å². The molecule has 1 N–H and O–H groups in total. The molecule has 3 aromatic carbocycles. The van der Waals surface area contributed by atoms with Crippen molar-refractivity contribution in [3.05, 3.63) is 90.4 Å². The van der Waals surface area contributed by atoms with Gasteiger partial charge in [-0.25, -0.2) is 9.07 Å². The first-order chi connectivity index (χ1) is 16.6. The smallest absolute Gasteiger partial charge is 0.229 e. The minimum absolute atomic E-state index is 0.0276. The summed E-state index contributed by atoms with van der Waals surface area (Å²) in [6.45, 7) is 0. The van der Waals surface area contributed by atoms with E-state index in [9.17, 15) is 14.0 Å². The Morgan fingerprint density at radius 2 is 1.71 bits per heavy atom. The van der Waals surface area contributed by atoms with E-state index < -0.39 is 0 Å². The largest absolute Gasteiger partial charge is 0.350 e. The average molecular weight is 455 g/mol. The highest BCUT2D eigenvalue weighted by molar-refractivity contribution is 6.00. The van der Waals surface area contributed by atoms with Crippen molar-refractivity contribution in [2.24, 2.45) is 5.92 Å². The van der Waals surface area contributed by atoms with Gasteiger partial charge in [0.25, 0.3) is 0 Å². The Morgan fingerprint density at radius 1 is 0.971 bits per heavy atom. The molecule has 0 bridgehead atoms. The molecule has 2 heterocycles. The molecule has 2 amide bonds. The maximum Gasteiger partial charge on any atom is 0.229 e. The van der Waals surface area contributed by atoms with Crippen molar-refractivity contribution in [1.82, 2.24) is 15.1 Å². The van der Waals surface area contributed by atoms with Crippen LogP contribution in [0.3, 0.4) is 0 Å². The minimum Gasteiger partial charge on any atom is -0.350 e. The molecule has 2 atom stereocenters. The molecule has 2 aliphatic rings. The van der Waals surface area contributed by atoms with Crippen LogP contribution in [0.1, 0.15) is 30.9 Å². The maximum atomic E-state index is 13.3. The summed E-state index contributed by atoms with van der Waals surface area (Å²) < 4.78 is 15.1. The zero-order valence-electron chi connectivity index (χ0n) is 18.4. The van der Waals surface area contributed by atoms with Crippen molar-refractivity contribution in [3.8, 4) is 5.69 Å². The molecule has 0 unspecified atom stereocenters. The first kappa shape index (κ1) is 20.6. The van der Waals surface area contributed by atoms with Gasteiger partial charge in [0.05, 0.1) is 29.5 Å². The Labute approximate surface area is 196 Å². The zero-order chi connectivity index (χ0) is 23.2. The average Bonchev–Trinajstić information content (AvgIpc) is 3.55. The third-order valence-electron chi connectivity index (χ3n) is 6.64. The number of amides is 2. The summed E-state index contributed by atoms with van der Waals surface area (Å²) in [5, 5.41) is 8.48. The first-order valence-corrected chi connectivity index (χ1v) is 11.5. The van der Waals surface area contributed by atoms with Crippen LogP contribution in [0, 0.1) is 11.7 Å². The van der Waals surface area contributed by atoms with Crippen LogP contribution in [-0.2, 0) is 9.59 Å². The molecule has 7 heteroatoms. The standard InChI is InChI=1S/C27H23FN4O2/c28-20-8-10-21(11-9-20)32-24-13-12-22(14-19(24)16-29-32)31-25(33)15-23(30-27(34)18-6-7-18)26(31)17-4-2-1-3-5-17/h1-5,8-14,16,18,23,26H,6-7,15H2,(H,30,34)/t23-,26+/m0/s1. The Kier molecular flexibility index (Phi) is 4.90. The number of hydrogen-bond donors (Lipinski definition) is 1. The fourth-order valence-electron chi connectivity index (χ4n) is 4.80. The molecule has 4 aromatic rings. The molecular weight excluding hydrogens is 431 g/mol. The molecule has 1 saturated carbocycles. The van der Waals surface area contributed by atoms with Crippen molar-refractivity contribution >= 4 is 28.4 Å². The van der Waals surface area contributed by atoms with E-state index in [1.807, 2.05) is 48.5 Å². The number of rotatable bonds is 5. The van der Waals surface area contributed by atoms with Gasteiger partial charge in [-0.3, -0.25) is 9.59 Å². The predicted molar refractivity (Wildman–Crippen MR) is 127 cm³/mol. The molecular formula is C27H23FN4O2. The van der Waals surface area contributed by atoms with Gasteiger partial charge in [-0.1, -0.05) is 30.3 Å². The summed E-state index contributed by atoms with van der Waals surface area (Å²) in [4.78, 5) is 27.6. The number of nitrogens with zero attached hydrogens (tertiary/aromatic N) is 3. The highest BCUT2D eigenvalue weighted by atomic mass is 19.1. The number of aromatic nitrogens is 2. The summed E-state index contributed by atoms with van der Waals surface area (Å²) >= 11 is 0. The van der Waals surface area contributed by atoms with Gasteiger partial charge in [-0.2, -0.15) is 5.10 Å². The minimum atomic E-state index is -0.301. The van der Waals surface area contributed by atoms with Crippen LogP contribution in [0.5, 0.6) is 0 Å². The lowest BCUT2D eigenvalue weighted by atomic mass is 9.99. The van der Waals surface area contributed by atoms with Crippen molar-refractivity contribution in [3.63, 3.8) is 0 Å². The fourth-order valence-corrected chi connectivity index (χ4v) is 4.80. The van der Waals surface area contributed by atoms with Crippen molar-refractivity contribution < 1.29 is 14.0 Å². The van der Waals surface area contributed by atoms with Crippen molar-refractivity contribution in [2.75, 3.05) is 4.90 Å². The normalized spacial score (nSPS) is 20.1. The van der Waals surface area contributed by atoms with Crippen molar-refractivity contribution in [1.29, 1.82) is 0 Å². The lowest BCUT2D eigenvalue weighted by Gasteiger charge is -2.29. The second-order valence-corrected chi connectivity index (χ2v) is 8.99. The summed E-state index contributed by atoms with van der Waals surface area (Å²) in [5.41, 5.74) is 3.35. The second-order valence-electron chi connectivity index (χ2n) is 8.99. The van der Waals surface area contributed by atoms with Crippen LogP contribution in [0.2, 0.25) is 0 Å². The van der Waals surface area contributed by atoms with Crippen LogP contribution in [-0.4, -0.2) is 27.6 Å². The third kappa shape index (κ3) is 3.63. The predicted octanol–water partition coefficient (Wildman–Crippen LogP) is 4.54. The van der Waals surface area contributed by atoms with Crippen molar-refractivity contribution in [2.45, 2.75) is 31.3 Å². The Bertz CT molecular complexity index is 1380. The van der Waals surface area contributed by atoms with Crippen LogP contribution in [0.15, 0.2) is 79.0 Å². The number of anilines is 1. The van der Waals surface area contributed by atoms with Crippen LogP contribution >= 0.6 is 0 Å². The van der Waals surface area contributed by atoms with Gasteiger partial charge in [-0.15, -0.1) is 0 Å². The molecule has 6 rings (SSSR count). The topological polar surface area (TPSA) is 67.2 Å². The Balaban J connectivity index is 1.37. The lowest BCUT2D eigenvalue weighted by molar-refractivity contribution is -0.123. The van der Waals surface area contributed by atoms with E-state index in [-0.39, 0.29) is 42.1 Å². The van der Waals surface area contributed by atoms with Gasteiger partial charge >= 0.3 is 0 Å². The van der Waals surface area contributed by atoms with E-state index in [0.717, 1.165) is 40.7 Å². The van der Waals surface area contributed by atoms with Gasteiger partial charge in [-0.05, 0) is 60.9 Å². The number of carbonyl (C=O) groups is 2. The molecule has 2 fully saturated rings. The number of carbonyl (C=O) groups excluding carboxylic acids is 2. The summed E-state index contributed by atoms with van der Waals surface area (Å²) in [6.07, 6.45) is 3.83. The molecule has 34 heavy (non-hydrogen) atoms. The van der Waals surface area contributed by atoms with E-state index in [4.69, 9.17) is 0 Å². The SMILES string of the molecule is O=C(N[C@H]1CC(=O)N(c2ccc3c(cnn3-c3ccc(F)cc3)c2)[C@@H]1c1ccccc1)C1CC1. The molecule has 0 radical (unpaired) electrons. The number of benzene rings is 3.